The average Bonchev–Trinajstić information content (AvgIpc) is 2.54. The minimum absolute atomic E-state index is 0.286. The highest BCUT2D eigenvalue weighted by Crippen LogP contribution is 2.30. The molecule has 0 aliphatic carbocycles. The summed E-state index contributed by atoms with van der Waals surface area (Å²) in [6, 6.07) is 17.8. The van der Waals surface area contributed by atoms with Gasteiger partial charge in [0, 0.05) is 15.9 Å². The van der Waals surface area contributed by atoms with Crippen LogP contribution in [0, 0.1) is 20.7 Å². The third kappa shape index (κ3) is 2.73. The van der Waals surface area contributed by atoms with E-state index in [1.54, 1.807) is 0 Å². The first-order valence-corrected chi connectivity index (χ1v) is 7.00. The lowest BCUT2D eigenvalue weighted by Crippen LogP contribution is -1.92. The molecule has 0 unspecified atom stereocenters. The molecule has 104 valence electrons. The molecule has 0 N–H and O–H groups in total. The third-order valence-corrected chi connectivity index (χ3v) is 3.65. The van der Waals surface area contributed by atoms with Gasteiger partial charge >= 0.3 is 0 Å². The van der Waals surface area contributed by atoms with E-state index in [1.165, 1.54) is 6.20 Å². The molecule has 0 bridgehead atoms. The van der Waals surface area contributed by atoms with E-state index in [1.807, 2.05) is 62.4 Å². The summed E-state index contributed by atoms with van der Waals surface area (Å²) < 4.78 is 23.5. The lowest BCUT2D eigenvalue weighted by Gasteiger charge is -2.12. The predicted octanol–water partition coefficient (Wildman–Crippen LogP) is 5.34. The van der Waals surface area contributed by atoms with Gasteiger partial charge in [-0.15, -0.1) is 0 Å². The quantitative estimate of drug-likeness (QED) is 0.615. The van der Waals surface area contributed by atoms with Crippen molar-refractivity contribution in [3.8, 4) is 22.4 Å². The maximum atomic E-state index is 7.84. The molecule has 21 heavy (non-hydrogen) atoms. The smallest absolute Gasteiger partial charge is 0.0708 e. The highest BCUT2D eigenvalue weighted by Gasteiger charge is 2.08. The van der Waals surface area contributed by atoms with Crippen LogP contribution in [0.3, 0.4) is 0 Å². The normalized spacial score (nSPS) is 13.3. The van der Waals surface area contributed by atoms with Gasteiger partial charge in [0.15, 0.2) is 0 Å². The van der Waals surface area contributed by atoms with Crippen LogP contribution >= 0.6 is 0 Å². The van der Waals surface area contributed by atoms with Gasteiger partial charge in [0.05, 0.1) is 5.69 Å². The molecule has 1 nitrogen and oxygen atoms in total. The Labute approximate surface area is 130 Å². The summed E-state index contributed by atoms with van der Waals surface area (Å²) in [5.41, 5.74) is 5.91. The van der Waals surface area contributed by atoms with E-state index in [4.69, 9.17) is 4.11 Å². The zero-order chi connectivity index (χ0) is 17.3. The average molecular weight is 276 g/mol. The van der Waals surface area contributed by atoms with E-state index in [0.29, 0.717) is 0 Å². The Kier molecular flexibility index (Phi) is 2.72. The zero-order valence-corrected chi connectivity index (χ0v) is 12.2. The molecule has 0 atom stereocenters. The summed E-state index contributed by atoms with van der Waals surface area (Å²) in [5.74, 6) is 0. The highest BCUT2D eigenvalue weighted by atomic mass is 14.7. The minimum atomic E-state index is -2.20. The van der Waals surface area contributed by atoms with Crippen molar-refractivity contribution in [2.24, 2.45) is 0 Å². The van der Waals surface area contributed by atoms with Gasteiger partial charge in [-0.25, -0.2) is 0 Å². The van der Waals surface area contributed by atoms with Gasteiger partial charge in [-0.2, -0.15) is 0 Å². The highest BCUT2D eigenvalue weighted by molar-refractivity contribution is 5.75. The summed E-state index contributed by atoms with van der Waals surface area (Å²) in [6.07, 6.45) is 1.49. The standard InChI is InChI=1S/C20H19N/c1-14-9-10-18(15(2)11-14)19-12-20(21-13-16(19)3)17-7-5-4-6-8-17/h4-13H,1-3H3/i3D3. The molecular formula is C20H19N. The monoisotopic (exact) mass is 276 g/mol. The lowest BCUT2D eigenvalue weighted by atomic mass is 9.95. The molecule has 0 spiro atoms. The zero-order valence-electron chi connectivity index (χ0n) is 15.2. The predicted molar refractivity (Wildman–Crippen MR) is 89.3 cm³/mol. The van der Waals surface area contributed by atoms with Crippen molar-refractivity contribution in [2.75, 3.05) is 0 Å². The summed E-state index contributed by atoms with van der Waals surface area (Å²) in [5, 5.41) is 0. The number of benzene rings is 2. The molecule has 0 aliphatic heterocycles. The fraction of sp³-hybridized carbons (Fsp3) is 0.150. The fourth-order valence-electron chi connectivity index (χ4n) is 2.56. The second kappa shape index (κ2) is 5.53. The molecule has 1 aromatic heterocycles. The molecule has 0 fully saturated rings. The number of pyridine rings is 1. The van der Waals surface area contributed by atoms with Crippen molar-refractivity contribution in [3.63, 3.8) is 0 Å². The number of hydrogen-bond acceptors (Lipinski definition) is 1. The van der Waals surface area contributed by atoms with E-state index >= 15 is 0 Å². The minimum Gasteiger partial charge on any atom is -0.256 e. The van der Waals surface area contributed by atoms with Crippen molar-refractivity contribution in [1.82, 2.24) is 4.98 Å². The van der Waals surface area contributed by atoms with E-state index in [-0.39, 0.29) is 5.56 Å². The largest absolute Gasteiger partial charge is 0.256 e. The molecular weight excluding hydrogens is 254 g/mol. The van der Waals surface area contributed by atoms with E-state index in [0.717, 1.165) is 33.5 Å². The van der Waals surface area contributed by atoms with Gasteiger partial charge in [0.2, 0.25) is 0 Å². The van der Waals surface area contributed by atoms with Crippen LogP contribution in [0.5, 0.6) is 0 Å². The Bertz CT molecular complexity index is 868. The van der Waals surface area contributed by atoms with Crippen LogP contribution in [0.2, 0.25) is 0 Å². The van der Waals surface area contributed by atoms with Crippen LogP contribution in [0.4, 0.5) is 0 Å². The van der Waals surface area contributed by atoms with Crippen molar-refractivity contribution < 1.29 is 4.11 Å². The van der Waals surface area contributed by atoms with Crippen LogP contribution in [-0.4, -0.2) is 4.98 Å². The van der Waals surface area contributed by atoms with Crippen LogP contribution < -0.4 is 0 Å². The van der Waals surface area contributed by atoms with Crippen LogP contribution in [0.1, 0.15) is 20.8 Å². The summed E-state index contributed by atoms with van der Waals surface area (Å²) >= 11 is 0. The molecule has 2 aromatic carbocycles. The molecule has 1 heteroatoms. The summed E-state index contributed by atoms with van der Waals surface area (Å²) in [6.45, 7) is 1.84. The first-order valence-electron chi connectivity index (χ1n) is 8.50. The van der Waals surface area contributed by atoms with Crippen LogP contribution in [0.15, 0.2) is 60.8 Å². The molecule has 3 rings (SSSR count). The van der Waals surface area contributed by atoms with Crippen LogP contribution in [0.25, 0.3) is 22.4 Å². The number of nitrogens with zero attached hydrogens (tertiary/aromatic N) is 1. The van der Waals surface area contributed by atoms with Gasteiger partial charge in [-0.3, -0.25) is 4.98 Å². The molecule has 0 saturated heterocycles. The Balaban J connectivity index is 2.24. The van der Waals surface area contributed by atoms with Gasteiger partial charge in [0.25, 0.3) is 0 Å². The Morgan fingerprint density at radius 2 is 1.67 bits per heavy atom. The Morgan fingerprint density at radius 1 is 0.857 bits per heavy atom. The third-order valence-electron chi connectivity index (χ3n) is 3.65. The van der Waals surface area contributed by atoms with Crippen LogP contribution in [-0.2, 0) is 0 Å². The fourth-order valence-corrected chi connectivity index (χ4v) is 2.56. The van der Waals surface area contributed by atoms with Crippen molar-refractivity contribution >= 4 is 0 Å². The second-order valence-corrected chi connectivity index (χ2v) is 5.30. The van der Waals surface area contributed by atoms with E-state index < -0.39 is 6.85 Å². The second-order valence-electron chi connectivity index (χ2n) is 5.30. The summed E-state index contributed by atoms with van der Waals surface area (Å²) in [7, 11) is 0. The van der Waals surface area contributed by atoms with Gasteiger partial charge in [-0.05, 0) is 49.0 Å². The maximum absolute atomic E-state index is 7.84. The number of aryl methyl sites for hydroxylation is 3. The molecule has 0 saturated carbocycles. The number of rotatable bonds is 2. The lowest BCUT2D eigenvalue weighted by molar-refractivity contribution is 1.26. The Hall–Kier alpha value is -2.41. The summed E-state index contributed by atoms with van der Waals surface area (Å²) in [4.78, 5) is 4.39. The first kappa shape index (κ1) is 10.3. The van der Waals surface area contributed by atoms with Gasteiger partial charge < -0.3 is 0 Å². The van der Waals surface area contributed by atoms with E-state index in [9.17, 15) is 0 Å². The molecule has 0 amide bonds. The van der Waals surface area contributed by atoms with Gasteiger partial charge in [0.1, 0.15) is 0 Å². The molecule has 3 aromatic rings. The van der Waals surface area contributed by atoms with Crippen molar-refractivity contribution in [3.05, 3.63) is 77.5 Å². The maximum Gasteiger partial charge on any atom is 0.0708 e. The topological polar surface area (TPSA) is 12.9 Å². The van der Waals surface area contributed by atoms with Crippen molar-refractivity contribution in [1.29, 1.82) is 0 Å². The van der Waals surface area contributed by atoms with E-state index in [2.05, 4.69) is 11.1 Å². The molecule has 0 aliphatic rings. The van der Waals surface area contributed by atoms with Crippen molar-refractivity contribution in [2.45, 2.75) is 20.7 Å². The van der Waals surface area contributed by atoms with Gasteiger partial charge in [-0.1, -0.05) is 54.1 Å². The molecule has 0 radical (unpaired) electrons. The SMILES string of the molecule is [2H]C([2H])([2H])c1cnc(-c2ccccc2)cc1-c1ccc(C)cc1C. The first-order chi connectivity index (χ1) is 11.4. The molecule has 1 heterocycles. The number of hydrogen-bond donors (Lipinski definition) is 0. The Morgan fingerprint density at radius 3 is 2.38 bits per heavy atom. The number of aromatic nitrogens is 1.